The van der Waals surface area contributed by atoms with Gasteiger partial charge >= 0.3 is 0 Å². The average molecular weight is 458 g/mol. The van der Waals surface area contributed by atoms with Crippen molar-refractivity contribution < 1.29 is 22.1 Å². The van der Waals surface area contributed by atoms with Gasteiger partial charge in [-0.25, -0.2) is 12.8 Å². The second-order valence-corrected chi connectivity index (χ2v) is 8.82. The van der Waals surface area contributed by atoms with E-state index in [4.69, 9.17) is 27.7 Å². The van der Waals surface area contributed by atoms with Crippen LogP contribution in [-0.2, 0) is 26.8 Å². The molecule has 0 atom stereocenters. The van der Waals surface area contributed by atoms with Crippen molar-refractivity contribution in [2.45, 2.75) is 23.5 Å². The van der Waals surface area contributed by atoms with Gasteiger partial charge in [0.15, 0.2) is 15.7 Å². The number of hydrogen-bond donors (Lipinski definition) is 1. The Hall–Kier alpha value is -2.49. The molecule has 3 aromatic rings. The Morgan fingerprint density at radius 1 is 1.14 bits per heavy atom. The molecule has 0 saturated carbocycles. The smallest absolute Gasteiger partial charge is 0.227 e. The fourth-order valence-electron chi connectivity index (χ4n) is 2.37. The van der Waals surface area contributed by atoms with Crippen molar-refractivity contribution in [3.63, 3.8) is 0 Å². The summed E-state index contributed by atoms with van der Waals surface area (Å²) in [5.74, 6) is -1.26. The van der Waals surface area contributed by atoms with Gasteiger partial charge in [-0.3, -0.25) is 4.79 Å². The van der Waals surface area contributed by atoms with Crippen molar-refractivity contribution in [2.24, 2.45) is 0 Å². The first-order valence-corrected chi connectivity index (χ1v) is 10.7. The number of nitrogens with zero attached hydrogens (tertiary/aromatic N) is 2. The molecule has 0 radical (unpaired) electrons. The predicted molar refractivity (Wildman–Crippen MR) is 105 cm³/mol. The van der Waals surface area contributed by atoms with Gasteiger partial charge in [-0.15, -0.1) is 0 Å². The van der Waals surface area contributed by atoms with Crippen molar-refractivity contribution in [1.29, 1.82) is 0 Å². The first-order valence-electron chi connectivity index (χ1n) is 8.27. The molecular weight excluding hydrogens is 444 g/mol. The lowest BCUT2D eigenvalue weighted by atomic mass is 10.2. The van der Waals surface area contributed by atoms with Crippen molar-refractivity contribution in [2.75, 3.05) is 5.32 Å². The summed E-state index contributed by atoms with van der Waals surface area (Å²) in [5, 5.41) is 6.69. The highest BCUT2D eigenvalue weighted by molar-refractivity contribution is 7.90. The highest BCUT2D eigenvalue weighted by Gasteiger charge is 2.20. The Balaban J connectivity index is 1.57. The summed E-state index contributed by atoms with van der Waals surface area (Å²) in [4.78, 5) is 16.1. The lowest BCUT2D eigenvalue weighted by Crippen LogP contribution is -2.13. The van der Waals surface area contributed by atoms with Crippen LogP contribution < -0.4 is 5.32 Å². The van der Waals surface area contributed by atoms with E-state index < -0.39 is 27.3 Å². The molecule has 2 aromatic carbocycles. The molecule has 0 aliphatic carbocycles. The number of amides is 1. The maximum absolute atomic E-state index is 13.0. The summed E-state index contributed by atoms with van der Waals surface area (Å²) >= 11 is 11.6. The van der Waals surface area contributed by atoms with Crippen molar-refractivity contribution in [3.8, 4) is 0 Å². The summed E-state index contributed by atoms with van der Waals surface area (Å²) in [6, 6.07) is 9.34. The van der Waals surface area contributed by atoms with E-state index in [-0.39, 0.29) is 40.2 Å². The number of carbonyl (C=O) groups excluding carboxylic acids is 1. The Kier molecular flexibility index (Phi) is 6.51. The van der Waals surface area contributed by atoms with Crippen LogP contribution >= 0.6 is 23.2 Å². The third-order valence-electron chi connectivity index (χ3n) is 3.77. The topological polar surface area (TPSA) is 102 Å². The van der Waals surface area contributed by atoms with Crippen LogP contribution in [0, 0.1) is 5.82 Å². The van der Waals surface area contributed by atoms with E-state index in [0.717, 1.165) is 6.07 Å². The van der Waals surface area contributed by atoms with Crippen LogP contribution in [-0.4, -0.2) is 24.5 Å². The van der Waals surface area contributed by atoms with Crippen LogP contribution in [0.3, 0.4) is 0 Å². The van der Waals surface area contributed by atoms with Gasteiger partial charge in [0.25, 0.3) is 0 Å². The van der Waals surface area contributed by atoms with Gasteiger partial charge in [-0.05, 0) is 42.5 Å². The van der Waals surface area contributed by atoms with Crippen LogP contribution in [0.15, 0.2) is 51.9 Å². The zero-order chi connectivity index (χ0) is 21.0. The monoisotopic (exact) mass is 457 g/mol. The Labute approximate surface area is 175 Å². The van der Waals surface area contributed by atoms with E-state index in [9.17, 15) is 17.6 Å². The molecule has 1 N–H and O–H groups in total. The van der Waals surface area contributed by atoms with Gasteiger partial charge < -0.3 is 9.84 Å². The number of carbonyl (C=O) groups is 1. The van der Waals surface area contributed by atoms with Crippen LogP contribution in [0.1, 0.15) is 18.1 Å². The predicted octanol–water partition coefficient (Wildman–Crippen LogP) is 4.06. The first kappa shape index (κ1) is 21.2. The van der Waals surface area contributed by atoms with Gasteiger partial charge in [0.05, 0.1) is 15.6 Å². The number of nitrogens with one attached hydrogen (secondary N) is 1. The van der Waals surface area contributed by atoms with Crippen LogP contribution in [0.2, 0.25) is 10.0 Å². The number of halogens is 3. The second-order valence-electron chi connectivity index (χ2n) is 5.99. The third-order valence-corrected chi connectivity index (χ3v) is 5.97. The highest BCUT2D eigenvalue weighted by Crippen LogP contribution is 2.23. The number of aryl methyl sites for hydroxylation is 1. The normalized spacial score (nSPS) is 11.4. The molecule has 1 heterocycles. The molecule has 0 fully saturated rings. The molecule has 0 aliphatic rings. The molecular formula is C18H14Cl2FN3O4S. The second kappa shape index (κ2) is 8.89. The quantitative estimate of drug-likeness (QED) is 0.573. The summed E-state index contributed by atoms with van der Waals surface area (Å²) in [7, 11) is -3.67. The van der Waals surface area contributed by atoms with E-state index in [1.807, 2.05) is 0 Å². The lowest BCUT2D eigenvalue weighted by Gasteiger charge is -2.06. The van der Waals surface area contributed by atoms with E-state index >= 15 is 0 Å². The summed E-state index contributed by atoms with van der Waals surface area (Å²) < 4.78 is 42.8. The average Bonchev–Trinajstić information content (AvgIpc) is 3.09. The lowest BCUT2D eigenvalue weighted by molar-refractivity contribution is -0.116. The zero-order valence-corrected chi connectivity index (χ0v) is 17.1. The maximum atomic E-state index is 13.0. The minimum absolute atomic E-state index is 0.0146. The Morgan fingerprint density at radius 2 is 1.86 bits per heavy atom. The number of hydrogen-bond acceptors (Lipinski definition) is 6. The molecule has 7 nitrogen and oxygen atoms in total. The van der Waals surface area contributed by atoms with Crippen LogP contribution in [0.5, 0.6) is 0 Å². The molecule has 29 heavy (non-hydrogen) atoms. The minimum Gasteiger partial charge on any atom is -0.339 e. The number of anilines is 1. The molecule has 0 saturated heterocycles. The SMILES string of the molecule is O=C(CCc1nc(CS(=O)(=O)c2ccc(Cl)cc2)no1)Nc1ccc(F)cc1Cl. The summed E-state index contributed by atoms with van der Waals surface area (Å²) in [6.45, 7) is 0. The summed E-state index contributed by atoms with van der Waals surface area (Å²) in [5.41, 5.74) is 0.276. The standard InChI is InChI=1S/C18H14Cl2FN3O4S/c19-11-1-4-13(5-2-11)29(26,27)10-16-23-18(28-24-16)8-7-17(25)22-15-6-3-12(21)9-14(15)20/h1-6,9H,7-8,10H2,(H,22,25). The van der Waals surface area contributed by atoms with Gasteiger partial charge in [0.2, 0.25) is 11.8 Å². The summed E-state index contributed by atoms with van der Waals surface area (Å²) in [6.07, 6.45) is 0.0813. The largest absolute Gasteiger partial charge is 0.339 e. The van der Waals surface area contributed by atoms with E-state index in [2.05, 4.69) is 15.5 Å². The van der Waals surface area contributed by atoms with Gasteiger partial charge in [-0.1, -0.05) is 28.4 Å². The van der Waals surface area contributed by atoms with Crippen LogP contribution in [0.4, 0.5) is 10.1 Å². The highest BCUT2D eigenvalue weighted by atomic mass is 35.5. The molecule has 0 aliphatic heterocycles. The van der Waals surface area contributed by atoms with Gasteiger partial charge in [0, 0.05) is 17.9 Å². The third kappa shape index (κ3) is 5.75. The molecule has 1 aromatic heterocycles. The fourth-order valence-corrected chi connectivity index (χ4v) is 3.88. The molecule has 152 valence electrons. The molecule has 0 bridgehead atoms. The van der Waals surface area contributed by atoms with Crippen molar-refractivity contribution in [3.05, 3.63) is 70.0 Å². The number of aromatic nitrogens is 2. The van der Waals surface area contributed by atoms with Crippen molar-refractivity contribution >= 4 is 44.6 Å². The van der Waals surface area contributed by atoms with E-state index in [1.54, 1.807) is 0 Å². The van der Waals surface area contributed by atoms with Crippen LogP contribution in [0.25, 0.3) is 0 Å². The molecule has 0 unspecified atom stereocenters. The minimum atomic E-state index is -3.67. The van der Waals surface area contributed by atoms with Gasteiger partial charge in [0.1, 0.15) is 11.6 Å². The zero-order valence-electron chi connectivity index (χ0n) is 14.7. The van der Waals surface area contributed by atoms with E-state index in [0.29, 0.717) is 5.02 Å². The Bertz CT molecular complexity index is 1130. The number of rotatable bonds is 7. The fraction of sp³-hybridized carbons (Fsp3) is 0.167. The molecule has 3 rings (SSSR count). The first-order chi connectivity index (χ1) is 13.7. The molecule has 0 spiro atoms. The van der Waals surface area contributed by atoms with Gasteiger partial charge in [-0.2, -0.15) is 4.98 Å². The maximum Gasteiger partial charge on any atom is 0.227 e. The number of sulfone groups is 1. The number of benzene rings is 2. The molecule has 11 heteroatoms. The van der Waals surface area contributed by atoms with E-state index in [1.165, 1.54) is 36.4 Å². The Morgan fingerprint density at radius 3 is 2.55 bits per heavy atom. The molecule has 1 amide bonds. The van der Waals surface area contributed by atoms with Crippen molar-refractivity contribution in [1.82, 2.24) is 10.1 Å².